The number of hydrogen-bond acceptors (Lipinski definition) is 3. The van der Waals surface area contributed by atoms with E-state index in [-0.39, 0.29) is 23.7 Å². The molecule has 0 fully saturated rings. The molecule has 0 aromatic heterocycles. The van der Waals surface area contributed by atoms with Gasteiger partial charge in [-0.05, 0) is 63.4 Å². The van der Waals surface area contributed by atoms with E-state index in [0.717, 1.165) is 27.6 Å². The third-order valence-electron chi connectivity index (χ3n) is 5.17. The molecule has 0 heterocycles. The molecule has 3 nitrogen and oxygen atoms in total. The lowest BCUT2D eigenvalue weighted by atomic mass is 9.96. The monoisotopic (exact) mass is 418 g/mol. The zero-order valence-electron chi connectivity index (χ0n) is 17.4. The third-order valence-corrected chi connectivity index (χ3v) is 5.17. The van der Waals surface area contributed by atoms with E-state index in [1.807, 2.05) is 36.4 Å². The number of phenolic OH excluding ortho intramolecular Hbond substituents is 1. The Kier molecular flexibility index (Phi) is 6.38. The van der Waals surface area contributed by atoms with Crippen molar-refractivity contribution in [1.29, 1.82) is 0 Å². The Balaban J connectivity index is 1.46. The first-order valence-corrected chi connectivity index (χ1v) is 10.4. The lowest BCUT2D eigenvalue weighted by Crippen LogP contribution is -2.02. The van der Waals surface area contributed by atoms with Gasteiger partial charge >= 0.3 is 0 Å². The Morgan fingerprint density at radius 3 is 2.12 bits per heavy atom. The molecule has 0 bridgehead atoms. The Morgan fingerprint density at radius 1 is 0.688 bits per heavy atom. The SMILES string of the molecule is O=C(C=Cc1ccc(O)cc1)CC(=O)C=Cc1ccccc1-c1ccc2ccccc2c1. The van der Waals surface area contributed by atoms with Gasteiger partial charge in [-0.15, -0.1) is 0 Å². The second-order valence-corrected chi connectivity index (χ2v) is 7.52. The smallest absolute Gasteiger partial charge is 0.163 e. The van der Waals surface area contributed by atoms with Crippen molar-refractivity contribution in [3.05, 3.63) is 114 Å². The molecule has 0 aliphatic carbocycles. The average molecular weight is 418 g/mol. The summed E-state index contributed by atoms with van der Waals surface area (Å²) in [7, 11) is 0. The molecule has 0 atom stereocenters. The standard InChI is InChI=1S/C29H22O3/c30-26-15-9-21(10-16-26)11-17-27(31)20-28(32)18-14-23-6-3-4-8-29(23)25-13-12-22-5-1-2-7-24(22)19-25/h1-19,30H,20H2. The number of aromatic hydroxyl groups is 1. The van der Waals surface area contributed by atoms with Crippen LogP contribution in [0.25, 0.3) is 34.1 Å². The summed E-state index contributed by atoms with van der Waals surface area (Å²) in [6, 6.07) is 28.9. The van der Waals surface area contributed by atoms with E-state index >= 15 is 0 Å². The number of fused-ring (bicyclic) bond motifs is 1. The van der Waals surface area contributed by atoms with Gasteiger partial charge in [0.15, 0.2) is 11.6 Å². The van der Waals surface area contributed by atoms with Gasteiger partial charge in [0.2, 0.25) is 0 Å². The summed E-state index contributed by atoms with van der Waals surface area (Å²) in [6.45, 7) is 0. The number of allylic oxidation sites excluding steroid dienone is 2. The topological polar surface area (TPSA) is 54.4 Å². The molecule has 32 heavy (non-hydrogen) atoms. The molecule has 0 saturated heterocycles. The number of rotatable bonds is 7. The van der Waals surface area contributed by atoms with E-state index in [0.29, 0.717) is 0 Å². The second kappa shape index (κ2) is 9.71. The van der Waals surface area contributed by atoms with Crippen LogP contribution >= 0.6 is 0 Å². The number of carbonyl (C=O) groups is 2. The molecule has 0 aliphatic rings. The van der Waals surface area contributed by atoms with Gasteiger partial charge in [0.1, 0.15) is 5.75 Å². The predicted octanol–water partition coefficient (Wildman–Crippen LogP) is 6.47. The number of hydrogen-bond donors (Lipinski definition) is 1. The maximum Gasteiger partial charge on any atom is 0.163 e. The Hall–Kier alpha value is -4.24. The van der Waals surface area contributed by atoms with Crippen molar-refractivity contribution in [2.45, 2.75) is 6.42 Å². The molecule has 0 radical (unpaired) electrons. The van der Waals surface area contributed by atoms with Gasteiger partial charge in [0, 0.05) is 0 Å². The van der Waals surface area contributed by atoms with Crippen LogP contribution in [0.4, 0.5) is 0 Å². The van der Waals surface area contributed by atoms with E-state index in [4.69, 9.17) is 0 Å². The van der Waals surface area contributed by atoms with Crippen molar-refractivity contribution < 1.29 is 14.7 Å². The molecule has 1 N–H and O–H groups in total. The maximum atomic E-state index is 12.3. The van der Waals surface area contributed by atoms with Crippen LogP contribution in [0.3, 0.4) is 0 Å². The minimum absolute atomic E-state index is 0.165. The molecular formula is C29H22O3. The minimum Gasteiger partial charge on any atom is -0.508 e. The molecule has 0 unspecified atom stereocenters. The van der Waals surface area contributed by atoms with Gasteiger partial charge < -0.3 is 5.11 Å². The van der Waals surface area contributed by atoms with Crippen LogP contribution < -0.4 is 0 Å². The zero-order chi connectivity index (χ0) is 22.3. The Labute approximate surface area is 187 Å². The lowest BCUT2D eigenvalue weighted by molar-refractivity contribution is -0.121. The average Bonchev–Trinajstić information content (AvgIpc) is 2.82. The van der Waals surface area contributed by atoms with Gasteiger partial charge in [-0.2, -0.15) is 0 Å². The molecule has 4 rings (SSSR count). The third kappa shape index (κ3) is 5.27. The van der Waals surface area contributed by atoms with Crippen molar-refractivity contribution in [1.82, 2.24) is 0 Å². The largest absolute Gasteiger partial charge is 0.508 e. The van der Waals surface area contributed by atoms with Gasteiger partial charge in [-0.25, -0.2) is 0 Å². The van der Waals surface area contributed by atoms with Gasteiger partial charge in [-0.1, -0.05) is 84.9 Å². The molecule has 0 saturated carbocycles. The fraction of sp³-hybridized carbons (Fsp3) is 0.0345. The minimum atomic E-state index is -0.268. The maximum absolute atomic E-state index is 12.3. The molecule has 156 valence electrons. The van der Waals surface area contributed by atoms with E-state index in [2.05, 4.69) is 30.3 Å². The van der Waals surface area contributed by atoms with Crippen LogP contribution in [-0.4, -0.2) is 16.7 Å². The van der Waals surface area contributed by atoms with E-state index in [1.54, 1.807) is 36.4 Å². The van der Waals surface area contributed by atoms with Gasteiger partial charge in [0.25, 0.3) is 0 Å². The van der Waals surface area contributed by atoms with Crippen molar-refractivity contribution in [2.75, 3.05) is 0 Å². The van der Waals surface area contributed by atoms with E-state index in [9.17, 15) is 14.7 Å². The van der Waals surface area contributed by atoms with Crippen LogP contribution in [0, 0.1) is 0 Å². The van der Waals surface area contributed by atoms with Crippen molar-refractivity contribution >= 4 is 34.5 Å². The predicted molar refractivity (Wildman–Crippen MR) is 130 cm³/mol. The summed E-state index contributed by atoms with van der Waals surface area (Å²) in [5.74, 6) is -0.355. The summed E-state index contributed by atoms with van der Waals surface area (Å²) in [4.78, 5) is 24.5. The number of ketones is 2. The molecular weight excluding hydrogens is 396 g/mol. The highest BCUT2D eigenvalue weighted by atomic mass is 16.3. The van der Waals surface area contributed by atoms with Gasteiger partial charge in [0.05, 0.1) is 6.42 Å². The van der Waals surface area contributed by atoms with Crippen LogP contribution in [0.5, 0.6) is 5.75 Å². The number of phenols is 1. The Bertz CT molecular complexity index is 1330. The van der Waals surface area contributed by atoms with Crippen LogP contribution in [0.1, 0.15) is 17.5 Å². The highest BCUT2D eigenvalue weighted by Crippen LogP contribution is 2.28. The van der Waals surface area contributed by atoms with Gasteiger partial charge in [-0.3, -0.25) is 9.59 Å². The summed E-state index contributed by atoms with van der Waals surface area (Å²) in [5.41, 5.74) is 3.80. The first kappa shape index (κ1) is 21.0. The molecule has 4 aromatic carbocycles. The number of benzene rings is 4. The summed E-state index contributed by atoms with van der Waals surface area (Å²) >= 11 is 0. The zero-order valence-corrected chi connectivity index (χ0v) is 17.4. The molecule has 4 aromatic rings. The van der Waals surface area contributed by atoms with Crippen LogP contribution in [0.2, 0.25) is 0 Å². The van der Waals surface area contributed by atoms with Crippen LogP contribution in [0.15, 0.2) is 103 Å². The van der Waals surface area contributed by atoms with E-state index in [1.165, 1.54) is 17.5 Å². The second-order valence-electron chi connectivity index (χ2n) is 7.52. The number of carbonyl (C=O) groups excluding carboxylic acids is 2. The molecule has 0 amide bonds. The van der Waals surface area contributed by atoms with Crippen molar-refractivity contribution in [2.24, 2.45) is 0 Å². The fourth-order valence-electron chi connectivity index (χ4n) is 3.51. The normalized spacial score (nSPS) is 11.4. The van der Waals surface area contributed by atoms with Crippen LogP contribution in [-0.2, 0) is 9.59 Å². The first-order valence-electron chi connectivity index (χ1n) is 10.4. The summed E-state index contributed by atoms with van der Waals surface area (Å²) in [5, 5.41) is 11.6. The van der Waals surface area contributed by atoms with Crippen molar-refractivity contribution in [3.63, 3.8) is 0 Å². The summed E-state index contributed by atoms with van der Waals surface area (Å²) < 4.78 is 0. The quantitative estimate of drug-likeness (QED) is 0.276. The fourth-order valence-corrected chi connectivity index (χ4v) is 3.51. The summed E-state index contributed by atoms with van der Waals surface area (Å²) in [6.07, 6.45) is 6.06. The lowest BCUT2D eigenvalue weighted by Gasteiger charge is -2.08. The molecule has 3 heteroatoms. The first-order chi connectivity index (χ1) is 15.6. The molecule has 0 spiro atoms. The van der Waals surface area contributed by atoms with E-state index < -0.39 is 0 Å². The molecule has 0 aliphatic heterocycles. The highest BCUT2D eigenvalue weighted by molar-refractivity contribution is 6.11. The van der Waals surface area contributed by atoms with Crippen molar-refractivity contribution in [3.8, 4) is 16.9 Å². The Morgan fingerprint density at radius 2 is 1.34 bits per heavy atom. The highest BCUT2D eigenvalue weighted by Gasteiger charge is 2.06.